The van der Waals surface area contributed by atoms with E-state index in [1.165, 1.54) is 12.1 Å². The minimum atomic E-state index is -0.783. The van der Waals surface area contributed by atoms with Crippen LogP contribution >= 0.6 is 0 Å². The van der Waals surface area contributed by atoms with Gasteiger partial charge in [-0.2, -0.15) is 0 Å². The van der Waals surface area contributed by atoms with Gasteiger partial charge in [-0.25, -0.2) is 4.39 Å². The molecular formula is C21H28FN3O2. The number of hydrogen-bond donors (Lipinski definition) is 0. The number of nitrogens with zero attached hydrogens (tertiary/aromatic N) is 3. The third-order valence-corrected chi connectivity index (χ3v) is 6.27. The molecule has 1 aromatic rings. The lowest BCUT2D eigenvalue weighted by Crippen LogP contribution is -2.54. The quantitative estimate of drug-likeness (QED) is 0.765. The Morgan fingerprint density at radius 2 is 1.59 bits per heavy atom. The summed E-state index contributed by atoms with van der Waals surface area (Å²) >= 11 is 0. The molecule has 0 bridgehead atoms. The first-order valence-corrected chi connectivity index (χ1v) is 10.1. The predicted octanol–water partition coefficient (Wildman–Crippen LogP) is 2.51. The first kappa shape index (κ1) is 18.3. The van der Waals surface area contributed by atoms with Gasteiger partial charge in [-0.05, 0) is 55.9 Å². The first-order chi connectivity index (χ1) is 13.0. The second kappa shape index (κ2) is 7.13. The fourth-order valence-corrected chi connectivity index (χ4v) is 4.44. The predicted molar refractivity (Wildman–Crippen MR) is 102 cm³/mol. The van der Waals surface area contributed by atoms with Crippen molar-refractivity contribution in [1.29, 1.82) is 0 Å². The summed E-state index contributed by atoms with van der Waals surface area (Å²) in [4.78, 5) is 32.2. The van der Waals surface area contributed by atoms with E-state index in [0.717, 1.165) is 31.6 Å². The lowest BCUT2D eigenvalue weighted by Gasteiger charge is -2.39. The second-order valence-corrected chi connectivity index (χ2v) is 8.34. The molecule has 1 saturated carbocycles. The molecule has 0 N–H and O–H groups in total. The second-order valence-electron chi connectivity index (χ2n) is 8.34. The van der Waals surface area contributed by atoms with Gasteiger partial charge in [0.15, 0.2) is 0 Å². The Morgan fingerprint density at radius 1 is 0.963 bits per heavy atom. The summed E-state index contributed by atoms with van der Waals surface area (Å²) in [6.45, 7) is 6.40. The molecule has 2 saturated heterocycles. The minimum absolute atomic E-state index is 0.0180. The number of benzene rings is 1. The van der Waals surface area contributed by atoms with Crippen LogP contribution in [0.3, 0.4) is 0 Å². The summed E-state index contributed by atoms with van der Waals surface area (Å²) in [7, 11) is 0. The van der Waals surface area contributed by atoms with E-state index >= 15 is 0 Å². The normalized spacial score (nSPS) is 24.7. The molecule has 2 amide bonds. The van der Waals surface area contributed by atoms with E-state index in [-0.39, 0.29) is 17.6 Å². The lowest BCUT2D eigenvalue weighted by molar-refractivity contribution is -0.150. The van der Waals surface area contributed by atoms with Crippen LogP contribution in [0.4, 0.5) is 10.1 Å². The van der Waals surface area contributed by atoms with Crippen LogP contribution in [0.1, 0.15) is 32.6 Å². The molecule has 5 nitrogen and oxygen atoms in total. The Balaban J connectivity index is 1.37. The van der Waals surface area contributed by atoms with Gasteiger partial charge in [0.2, 0.25) is 11.8 Å². The molecule has 0 spiro atoms. The number of anilines is 1. The van der Waals surface area contributed by atoms with Crippen molar-refractivity contribution in [1.82, 2.24) is 9.80 Å². The topological polar surface area (TPSA) is 43.9 Å². The third-order valence-electron chi connectivity index (χ3n) is 6.27. The van der Waals surface area contributed by atoms with Gasteiger partial charge in [0.1, 0.15) is 11.2 Å². The highest BCUT2D eigenvalue weighted by Crippen LogP contribution is 2.49. The number of amides is 2. The van der Waals surface area contributed by atoms with E-state index in [4.69, 9.17) is 0 Å². The Morgan fingerprint density at radius 3 is 2.19 bits per heavy atom. The zero-order valence-corrected chi connectivity index (χ0v) is 16.0. The van der Waals surface area contributed by atoms with Crippen LogP contribution in [0.2, 0.25) is 0 Å². The van der Waals surface area contributed by atoms with E-state index in [0.29, 0.717) is 44.9 Å². The van der Waals surface area contributed by atoms with Crippen LogP contribution in [0.15, 0.2) is 24.3 Å². The van der Waals surface area contributed by atoms with Gasteiger partial charge in [-0.1, -0.05) is 6.92 Å². The van der Waals surface area contributed by atoms with Gasteiger partial charge in [0.05, 0.1) is 0 Å². The smallest absolute Gasteiger partial charge is 0.238 e. The van der Waals surface area contributed by atoms with Crippen molar-refractivity contribution in [3.63, 3.8) is 0 Å². The van der Waals surface area contributed by atoms with Crippen molar-refractivity contribution in [3.8, 4) is 0 Å². The molecule has 1 unspecified atom stereocenters. The molecule has 3 fully saturated rings. The van der Waals surface area contributed by atoms with Crippen molar-refractivity contribution in [2.24, 2.45) is 11.3 Å². The molecule has 1 aromatic carbocycles. The first-order valence-electron chi connectivity index (χ1n) is 10.1. The van der Waals surface area contributed by atoms with Gasteiger partial charge >= 0.3 is 0 Å². The lowest BCUT2D eigenvalue weighted by atomic mass is 9.96. The largest absolute Gasteiger partial charge is 0.368 e. The van der Waals surface area contributed by atoms with Crippen molar-refractivity contribution in [2.75, 3.05) is 44.2 Å². The maximum absolute atomic E-state index is 13.1. The Bertz CT molecular complexity index is 709. The number of rotatable bonds is 3. The van der Waals surface area contributed by atoms with Crippen LogP contribution in [0, 0.1) is 17.2 Å². The number of piperazine rings is 1. The van der Waals surface area contributed by atoms with Gasteiger partial charge < -0.3 is 14.7 Å². The molecule has 2 heterocycles. The van der Waals surface area contributed by atoms with Gasteiger partial charge in [-0.15, -0.1) is 0 Å². The molecule has 146 valence electrons. The Kier molecular flexibility index (Phi) is 4.82. The van der Waals surface area contributed by atoms with Crippen molar-refractivity contribution < 1.29 is 14.0 Å². The molecule has 6 heteroatoms. The number of piperidine rings is 1. The number of carbonyl (C=O) groups is 2. The summed E-state index contributed by atoms with van der Waals surface area (Å²) < 4.78 is 13.1. The molecule has 1 atom stereocenters. The maximum Gasteiger partial charge on any atom is 0.238 e. The molecule has 27 heavy (non-hydrogen) atoms. The molecule has 4 rings (SSSR count). The molecule has 0 aromatic heterocycles. The molecule has 2 aliphatic heterocycles. The van der Waals surface area contributed by atoms with E-state index in [1.54, 1.807) is 12.1 Å². The summed E-state index contributed by atoms with van der Waals surface area (Å²) in [5.74, 6) is 0.353. The van der Waals surface area contributed by atoms with E-state index in [9.17, 15) is 14.0 Å². The van der Waals surface area contributed by atoms with Crippen LogP contribution < -0.4 is 4.90 Å². The van der Waals surface area contributed by atoms with Crippen LogP contribution in [-0.2, 0) is 9.59 Å². The van der Waals surface area contributed by atoms with Crippen molar-refractivity contribution in [3.05, 3.63) is 30.1 Å². The van der Waals surface area contributed by atoms with Crippen molar-refractivity contribution in [2.45, 2.75) is 32.6 Å². The average molecular weight is 373 g/mol. The number of carbonyl (C=O) groups excluding carboxylic acids is 2. The van der Waals surface area contributed by atoms with Gasteiger partial charge in [0.25, 0.3) is 0 Å². The molecule has 0 radical (unpaired) electrons. The summed E-state index contributed by atoms with van der Waals surface area (Å²) in [6.07, 6.45) is 3.57. The average Bonchev–Trinajstić information content (AvgIpc) is 3.49. The SMILES string of the molecule is CC1CCCN(C(=O)C2(C(=O)N3CCN(c4ccc(F)cc4)CC3)CC2)C1. The van der Waals surface area contributed by atoms with Crippen LogP contribution in [-0.4, -0.2) is 60.9 Å². The highest BCUT2D eigenvalue weighted by molar-refractivity contribution is 6.08. The zero-order valence-electron chi connectivity index (χ0n) is 16.0. The number of halogens is 1. The Hall–Kier alpha value is -2.11. The molecule has 1 aliphatic carbocycles. The highest BCUT2D eigenvalue weighted by Gasteiger charge is 2.59. The molecule has 3 aliphatic rings. The van der Waals surface area contributed by atoms with Crippen LogP contribution in [0.5, 0.6) is 0 Å². The number of likely N-dealkylation sites (tertiary alicyclic amines) is 1. The van der Waals surface area contributed by atoms with E-state index < -0.39 is 5.41 Å². The minimum Gasteiger partial charge on any atom is -0.368 e. The summed E-state index contributed by atoms with van der Waals surface area (Å²) in [6, 6.07) is 6.47. The number of hydrogen-bond acceptors (Lipinski definition) is 3. The Labute approximate surface area is 160 Å². The highest BCUT2D eigenvalue weighted by atomic mass is 19.1. The summed E-state index contributed by atoms with van der Waals surface area (Å²) in [5, 5.41) is 0. The van der Waals surface area contributed by atoms with E-state index in [1.807, 2.05) is 9.80 Å². The fourth-order valence-electron chi connectivity index (χ4n) is 4.44. The zero-order chi connectivity index (χ0) is 19.0. The van der Waals surface area contributed by atoms with Crippen LogP contribution in [0.25, 0.3) is 0 Å². The van der Waals surface area contributed by atoms with Gasteiger partial charge in [0, 0.05) is 45.0 Å². The van der Waals surface area contributed by atoms with Gasteiger partial charge in [-0.3, -0.25) is 9.59 Å². The third kappa shape index (κ3) is 3.54. The monoisotopic (exact) mass is 373 g/mol. The fraction of sp³-hybridized carbons (Fsp3) is 0.619. The molecular weight excluding hydrogens is 345 g/mol. The van der Waals surface area contributed by atoms with E-state index in [2.05, 4.69) is 11.8 Å². The standard InChI is InChI=1S/C21H28FN3O2/c1-16-3-2-10-25(15-16)20(27)21(8-9-21)19(26)24-13-11-23(12-14-24)18-6-4-17(22)5-7-18/h4-7,16H,2-3,8-15H2,1H3. The van der Waals surface area contributed by atoms with Crippen molar-refractivity contribution >= 4 is 17.5 Å². The summed E-state index contributed by atoms with van der Waals surface area (Å²) in [5.41, 5.74) is 0.192. The maximum atomic E-state index is 13.1.